The van der Waals surface area contributed by atoms with Crippen LogP contribution in [0.3, 0.4) is 0 Å². The molecular weight excluding hydrogens is 321 g/mol. The number of aromatic nitrogens is 2. The molecule has 0 spiro atoms. The van der Waals surface area contributed by atoms with Gasteiger partial charge in [-0.3, -0.25) is 4.68 Å². The fourth-order valence-electron chi connectivity index (χ4n) is 2.86. The van der Waals surface area contributed by atoms with Crippen LogP contribution in [0.2, 0.25) is 0 Å². The van der Waals surface area contributed by atoms with Gasteiger partial charge < -0.3 is 5.32 Å². The fourth-order valence-corrected chi connectivity index (χ4v) is 3.75. The average molecular weight is 338 g/mol. The van der Waals surface area contributed by atoms with Gasteiger partial charge in [-0.05, 0) is 47.4 Å². The van der Waals surface area contributed by atoms with Gasteiger partial charge >= 0.3 is 0 Å². The minimum atomic E-state index is -0.235. The van der Waals surface area contributed by atoms with Crippen LogP contribution in [0, 0.1) is 5.82 Å². The molecular formula is C15H17BrFN3. The van der Waals surface area contributed by atoms with Crippen LogP contribution >= 0.6 is 15.9 Å². The average Bonchev–Trinajstić information content (AvgIpc) is 2.75. The second kappa shape index (κ2) is 5.66. The van der Waals surface area contributed by atoms with Gasteiger partial charge in [-0.25, -0.2) is 4.39 Å². The molecule has 3 rings (SSSR count). The minimum absolute atomic E-state index is 0.235. The smallest absolute Gasteiger partial charge is 0.123 e. The summed E-state index contributed by atoms with van der Waals surface area (Å²) in [6.45, 7) is 2.06. The Morgan fingerprint density at radius 3 is 3.00 bits per heavy atom. The molecule has 1 aliphatic rings. The maximum Gasteiger partial charge on any atom is 0.123 e. The summed E-state index contributed by atoms with van der Waals surface area (Å²) in [7, 11) is 1.96. The molecule has 106 valence electrons. The van der Waals surface area contributed by atoms with Crippen molar-refractivity contribution in [1.29, 1.82) is 0 Å². The van der Waals surface area contributed by atoms with Crippen LogP contribution in [-0.4, -0.2) is 22.9 Å². The van der Waals surface area contributed by atoms with Crippen molar-refractivity contribution in [2.45, 2.75) is 18.8 Å². The molecule has 2 aromatic rings. The zero-order valence-electron chi connectivity index (χ0n) is 11.4. The Hall–Kier alpha value is -1.20. The molecule has 20 heavy (non-hydrogen) atoms. The number of nitrogens with one attached hydrogen (secondary N) is 1. The van der Waals surface area contributed by atoms with Gasteiger partial charge in [0.25, 0.3) is 0 Å². The summed E-state index contributed by atoms with van der Waals surface area (Å²) in [5.74, 6) is 0.221. The summed E-state index contributed by atoms with van der Waals surface area (Å²) < 4.78 is 16.3. The molecule has 1 aromatic heterocycles. The Morgan fingerprint density at radius 2 is 2.30 bits per heavy atom. The Morgan fingerprint density at radius 1 is 1.45 bits per heavy atom. The van der Waals surface area contributed by atoms with E-state index < -0.39 is 0 Å². The highest BCUT2D eigenvalue weighted by molar-refractivity contribution is 9.10. The van der Waals surface area contributed by atoms with E-state index in [2.05, 4.69) is 26.3 Å². The van der Waals surface area contributed by atoms with Crippen molar-refractivity contribution < 1.29 is 4.39 Å². The molecule has 1 aliphatic heterocycles. The first kappa shape index (κ1) is 13.8. The minimum Gasteiger partial charge on any atom is -0.316 e. The second-order valence-electron chi connectivity index (χ2n) is 5.23. The predicted octanol–water partition coefficient (Wildman–Crippen LogP) is 3.46. The van der Waals surface area contributed by atoms with Crippen molar-refractivity contribution in [2.75, 3.05) is 13.1 Å². The molecule has 0 aliphatic carbocycles. The summed E-state index contributed by atoms with van der Waals surface area (Å²) in [5, 5.41) is 8.00. The lowest BCUT2D eigenvalue weighted by molar-refractivity contribution is 0.440. The largest absolute Gasteiger partial charge is 0.316 e. The molecule has 1 atom stereocenters. The van der Waals surface area contributed by atoms with Crippen LogP contribution in [-0.2, 0) is 7.05 Å². The molecule has 1 aromatic carbocycles. The van der Waals surface area contributed by atoms with Gasteiger partial charge in [-0.15, -0.1) is 0 Å². The number of hydrogen-bond acceptors (Lipinski definition) is 2. The summed E-state index contributed by atoms with van der Waals surface area (Å²) in [4.78, 5) is 0. The van der Waals surface area contributed by atoms with Crippen LogP contribution in [0.25, 0.3) is 11.3 Å². The monoisotopic (exact) mass is 337 g/mol. The van der Waals surface area contributed by atoms with Gasteiger partial charge in [0, 0.05) is 25.1 Å². The summed E-state index contributed by atoms with van der Waals surface area (Å²) >= 11 is 3.67. The van der Waals surface area contributed by atoms with E-state index in [0.717, 1.165) is 35.2 Å². The SMILES string of the molecule is Cn1nc(-c2cccc(F)c2)c(Br)c1C1CCCNC1. The third-order valence-corrected chi connectivity index (χ3v) is 4.59. The van der Waals surface area contributed by atoms with Crippen LogP contribution in [0.15, 0.2) is 28.7 Å². The van der Waals surface area contributed by atoms with Crippen LogP contribution in [0.1, 0.15) is 24.5 Å². The second-order valence-corrected chi connectivity index (χ2v) is 6.02. The van der Waals surface area contributed by atoms with Crippen LogP contribution in [0.4, 0.5) is 4.39 Å². The van der Waals surface area contributed by atoms with Crippen LogP contribution < -0.4 is 5.32 Å². The topological polar surface area (TPSA) is 29.9 Å². The molecule has 0 radical (unpaired) electrons. The zero-order valence-corrected chi connectivity index (χ0v) is 13.0. The lowest BCUT2D eigenvalue weighted by atomic mass is 9.95. The summed E-state index contributed by atoms with van der Waals surface area (Å²) in [5.41, 5.74) is 2.81. The van der Waals surface area contributed by atoms with Gasteiger partial charge in [-0.2, -0.15) is 5.10 Å². The predicted molar refractivity (Wildman–Crippen MR) is 81.1 cm³/mol. The maximum absolute atomic E-state index is 13.4. The molecule has 2 heterocycles. The highest BCUT2D eigenvalue weighted by Crippen LogP contribution is 2.36. The molecule has 0 amide bonds. The van der Waals surface area contributed by atoms with E-state index >= 15 is 0 Å². The quantitative estimate of drug-likeness (QED) is 0.909. The van der Waals surface area contributed by atoms with Crippen molar-refractivity contribution in [3.05, 3.63) is 40.2 Å². The zero-order chi connectivity index (χ0) is 14.1. The molecule has 0 saturated carbocycles. The van der Waals surface area contributed by atoms with Crippen molar-refractivity contribution in [2.24, 2.45) is 7.05 Å². The van der Waals surface area contributed by atoms with E-state index in [-0.39, 0.29) is 5.82 Å². The van der Waals surface area contributed by atoms with Gasteiger partial charge in [0.05, 0.1) is 10.2 Å². The summed E-state index contributed by atoms with van der Waals surface area (Å²) in [6, 6.07) is 6.58. The van der Waals surface area contributed by atoms with E-state index in [0.29, 0.717) is 5.92 Å². The van der Waals surface area contributed by atoms with E-state index in [1.54, 1.807) is 6.07 Å². The number of aryl methyl sites for hydroxylation is 1. The first-order valence-electron chi connectivity index (χ1n) is 6.86. The lowest BCUT2D eigenvalue weighted by Gasteiger charge is -2.23. The number of piperidine rings is 1. The maximum atomic E-state index is 13.4. The summed E-state index contributed by atoms with van der Waals surface area (Å²) in [6.07, 6.45) is 2.34. The Bertz CT molecular complexity index is 618. The van der Waals surface area contributed by atoms with Gasteiger partial charge in [0.1, 0.15) is 11.5 Å². The van der Waals surface area contributed by atoms with Crippen molar-refractivity contribution >= 4 is 15.9 Å². The van der Waals surface area contributed by atoms with E-state index in [1.165, 1.54) is 24.2 Å². The van der Waals surface area contributed by atoms with Crippen molar-refractivity contribution in [1.82, 2.24) is 15.1 Å². The molecule has 1 saturated heterocycles. The number of rotatable bonds is 2. The number of hydrogen-bond donors (Lipinski definition) is 1. The standard InChI is InChI=1S/C15H17BrFN3/c1-20-15(11-5-3-7-18-9-11)13(16)14(19-20)10-4-2-6-12(17)8-10/h2,4,6,8,11,18H,3,5,7,9H2,1H3. The lowest BCUT2D eigenvalue weighted by Crippen LogP contribution is -2.29. The highest BCUT2D eigenvalue weighted by atomic mass is 79.9. The molecule has 1 unspecified atom stereocenters. The number of benzene rings is 1. The Balaban J connectivity index is 2.02. The van der Waals surface area contributed by atoms with E-state index in [1.807, 2.05) is 17.8 Å². The molecule has 5 heteroatoms. The highest BCUT2D eigenvalue weighted by Gasteiger charge is 2.24. The molecule has 0 bridgehead atoms. The van der Waals surface area contributed by atoms with Crippen molar-refractivity contribution in [3.8, 4) is 11.3 Å². The normalized spacial score (nSPS) is 19.2. The van der Waals surface area contributed by atoms with E-state index in [9.17, 15) is 4.39 Å². The Kier molecular flexibility index (Phi) is 3.89. The molecule has 1 N–H and O–H groups in total. The molecule has 1 fully saturated rings. The van der Waals surface area contributed by atoms with Gasteiger partial charge in [-0.1, -0.05) is 12.1 Å². The van der Waals surface area contributed by atoms with Crippen LogP contribution in [0.5, 0.6) is 0 Å². The molecule has 3 nitrogen and oxygen atoms in total. The van der Waals surface area contributed by atoms with Crippen molar-refractivity contribution in [3.63, 3.8) is 0 Å². The third-order valence-electron chi connectivity index (χ3n) is 3.81. The first-order chi connectivity index (χ1) is 9.66. The van der Waals surface area contributed by atoms with Gasteiger partial charge in [0.2, 0.25) is 0 Å². The number of halogens is 2. The first-order valence-corrected chi connectivity index (χ1v) is 7.65. The van der Waals surface area contributed by atoms with E-state index in [4.69, 9.17) is 0 Å². The number of nitrogens with zero attached hydrogens (tertiary/aromatic N) is 2. The Labute approximate surface area is 126 Å². The fraction of sp³-hybridized carbons (Fsp3) is 0.400. The third kappa shape index (κ3) is 2.52. The van der Waals surface area contributed by atoms with Gasteiger partial charge in [0.15, 0.2) is 0 Å².